The first-order valence-electron chi connectivity index (χ1n) is 7.14. The summed E-state index contributed by atoms with van der Waals surface area (Å²) in [7, 11) is 0. The van der Waals surface area contributed by atoms with Crippen LogP contribution in [0.4, 0.5) is 4.39 Å². The minimum atomic E-state index is -0.352. The summed E-state index contributed by atoms with van der Waals surface area (Å²) in [5.74, 6) is 1.35. The second-order valence-corrected chi connectivity index (χ2v) is 5.87. The zero-order chi connectivity index (χ0) is 14.8. The second-order valence-electron chi connectivity index (χ2n) is 5.46. The molecule has 2 unspecified atom stereocenters. The van der Waals surface area contributed by atoms with Crippen LogP contribution >= 0.6 is 11.6 Å². The highest BCUT2D eigenvalue weighted by atomic mass is 35.5. The van der Waals surface area contributed by atoms with E-state index in [0.29, 0.717) is 34.8 Å². The first-order valence-corrected chi connectivity index (χ1v) is 7.52. The molecule has 3 rings (SSSR count). The number of nitrogens with zero attached hydrogens (tertiary/aromatic N) is 2. The SMILES string of the molecule is NCC1CCCC1c1nc(Cc2c(F)cccc2Cl)no1. The van der Waals surface area contributed by atoms with Gasteiger partial charge in [0.25, 0.3) is 0 Å². The zero-order valence-electron chi connectivity index (χ0n) is 11.6. The predicted octanol–water partition coefficient (Wildman–Crippen LogP) is 3.30. The van der Waals surface area contributed by atoms with Crippen LogP contribution in [-0.4, -0.2) is 16.7 Å². The molecule has 2 aromatic rings. The summed E-state index contributed by atoms with van der Waals surface area (Å²) in [5.41, 5.74) is 6.17. The lowest BCUT2D eigenvalue weighted by molar-refractivity contribution is 0.323. The monoisotopic (exact) mass is 309 g/mol. The van der Waals surface area contributed by atoms with Crippen molar-refractivity contribution in [2.45, 2.75) is 31.6 Å². The van der Waals surface area contributed by atoms with Crippen LogP contribution in [0, 0.1) is 11.7 Å². The summed E-state index contributed by atoms with van der Waals surface area (Å²) in [5, 5.41) is 4.33. The molecule has 1 fully saturated rings. The summed E-state index contributed by atoms with van der Waals surface area (Å²) >= 11 is 6.02. The molecule has 1 saturated carbocycles. The Hall–Kier alpha value is -1.46. The second kappa shape index (κ2) is 6.12. The summed E-state index contributed by atoms with van der Waals surface area (Å²) in [4.78, 5) is 4.41. The molecule has 0 saturated heterocycles. The molecule has 1 aromatic heterocycles. The smallest absolute Gasteiger partial charge is 0.230 e. The first kappa shape index (κ1) is 14.5. The molecule has 1 aliphatic rings. The molecule has 1 aromatic carbocycles. The van der Waals surface area contributed by atoms with Gasteiger partial charge >= 0.3 is 0 Å². The minimum Gasteiger partial charge on any atom is -0.339 e. The highest BCUT2D eigenvalue weighted by molar-refractivity contribution is 6.31. The Morgan fingerprint density at radius 2 is 2.24 bits per heavy atom. The summed E-state index contributed by atoms with van der Waals surface area (Å²) in [6.45, 7) is 0.627. The molecule has 0 spiro atoms. The number of halogens is 2. The first-order chi connectivity index (χ1) is 10.2. The maximum Gasteiger partial charge on any atom is 0.230 e. The Morgan fingerprint density at radius 1 is 1.38 bits per heavy atom. The van der Waals surface area contributed by atoms with Gasteiger partial charge in [0.2, 0.25) is 5.89 Å². The van der Waals surface area contributed by atoms with Crippen molar-refractivity contribution in [2.75, 3.05) is 6.54 Å². The lowest BCUT2D eigenvalue weighted by Gasteiger charge is -2.12. The number of hydrogen-bond acceptors (Lipinski definition) is 4. The third-order valence-corrected chi connectivity index (χ3v) is 4.51. The Labute approximate surface area is 127 Å². The molecule has 112 valence electrons. The van der Waals surface area contributed by atoms with Crippen LogP contribution in [0.5, 0.6) is 0 Å². The van der Waals surface area contributed by atoms with E-state index in [9.17, 15) is 4.39 Å². The van der Waals surface area contributed by atoms with Crippen molar-refractivity contribution in [2.24, 2.45) is 11.7 Å². The number of nitrogens with two attached hydrogens (primary N) is 1. The molecular formula is C15H17ClFN3O. The van der Waals surface area contributed by atoms with Crippen LogP contribution in [0.15, 0.2) is 22.7 Å². The fourth-order valence-corrected chi connectivity index (χ4v) is 3.22. The minimum absolute atomic E-state index is 0.229. The predicted molar refractivity (Wildman–Crippen MR) is 77.7 cm³/mol. The van der Waals surface area contributed by atoms with Crippen LogP contribution in [0.2, 0.25) is 5.02 Å². The average Bonchev–Trinajstić information content (AvgIpc) is 3.11. The van der Waals surface area contributed by atoms with E-state index in [2.05, 4.69) is 10.1 Å². The molecule has 1 heterocycles. The number of aromatic nitrogens is 2. The standard InChI is InChI=1S/C15H17ClFN3O/c16-12-5-2-6-13(17)11(12)7-14-19-15(21-20-14)10-4-1-3-9(10)8-18/h2,5-6,9-10H,1,3-4,7-8,18H2. The van der Waals surface area contributed by atoms with E-state index in [1.54, 1.807) is 12.1 Å². The van der Waals surface area contributed by atoms with Gasteiger partial charge in [-0.3, -0.25) is 0 Å². The third-order valence-electron chi connectivity index (χ3n) is 4.16. The van der Waals surface area contributed by atoms with Crippen molar-refractivity contribution in [3.8, 4) is 0 Å². The molecule has 2 atom stereocenters. The van der Waals surface area contributed by atoms with Gasteiger partial charge in [0.05, 0.1) is 0 Å². The highest BCUT2D eigenvalue weighted by Gasteiger charge is 2.32. The Kier molecular flexibility index (Phi) is 4.22. The Bertz CT molecular complexity index is 611. The van der Waals surface area contributed by atoms with Crippen LogP contribution < -0.4 is 5.73 Å². The lowest BCUT2D eigenvalue weighted by Crippen LogP contribution is -2.17. The molecule has 0 radical (unpaired) electrons. The summed E-state index contributed by atoms with van der Waals surface area (Å²) in [6, 6.07) is 4.61. The normalized spacial score (nSPS) is 21.9. The van der Waals surface area contributed by atoms with Crippen LogP contribution in [0.25, 0.3) is 0 Å². The van der Waals surface area contributed by atoms with E-state index in [-0.39, 0.29) is 18.2 Å². The van der Waals surface area contributed by atoms with Gasteiger partial charge in [0, 0.05) is 22.9 Å². The third kappa shape index (κ3) is 2.94. The zero-order valence-corrected chi connectivity index (χ0v) is 12.3. The fraction of sp³-hybridized carbons (Fsp3) is 0.467. The largest absolute Gasteiger partial charge is 0.339 e. The highest BCUT2D eigenvalue weighted by Crippen LogP contribution is 2.38. The van der Waals surface area contributed by atoms with E-state index in [0.717, 1.165) is 19.3 Å². The van der Waals surface area contributed by atoms with Crippen molar-refractivity contribution >= 4 is 11.6 Å². The van der Waals surface area contributed by atoms with Crippen LogP contribution in [0.3, 0.4) is 0 Å². The van der Waals surface area contributed by atoms with Crippen molar-refractivity contribution in [3.05, 3.63) is 46.3 Å². The van der Waals surface area contributed by atoms with Gasteiger partial charge in [-0.25, -0.2) is 4.39 Å². The molecule has 1 aliphatic carbocycles. The lowest BCUT2D eigenvalue weighted by atomic mass is 9.96. The van der Waals surface area contributed by atoms with Crippen LogP contribution in [0.1, 0.15) is 42.5 Å². The molecule has 0 aliphatic heterocycles. The topological polar surface area (TPSA) is 64.9 Å². The van der Waals surface area contributed by atoms with Gasteiger partial charge in [-0.15, -0.1) is 0 Å². The quantitative estimate of drug-likeness (QED) is 0.941. The van der Waals surface area contributed by atoms with Gasteiger partial charge < -0.3 is 10.3 Å². The van der Waals surface area contributed by atoms with E-state index in [1.807, 2.05) is 0 Å². The molecular weight excluding hydrogens is 293 g/mol. The molecule has 4 nitrogen and oxygen atoms in total. The van der Waals surface area contributed by atoms with Crippen molar-refractivity contribution in [1.29, 1.82) is 0 Å². The van der Waals surface area contributed by atoms with Crippen LogP contribution in [-0.2, 0) is 6.42 Å². The van der Waals surface area contributed by atoms with Crippen molar-refractivity contribution < 1.29 is 8.91 Å². The number of benzene rings is 1. The van der Waals surface area contributed by atoms with Gasteiger partial charge in [-0.1, -0.05) is 29.2 Å². The fourth-order valence-electron chi connectivity index (χ4n) is 2.99. The van der Waals surface area contributed by atoms with E-state index in [4.69, 9.17) is 21.9 Å². The molecule has 6 heteroatoms. The summed E-state index contributed by atoms with van der Waals surface area (Å²) in [6.07, 6.45) is 3.47. The summed E-state index contributed by atoms with van der Waals surface area (Å²) < 4.78 is 19.1. The van der Waals surface area contributed by atoms with Crippen molar-refractivity contribution in [3.63, 3.8) is 0 Å². The average molecular weight is 310 g/mol. The van der Waals surface area contributed by atoms with Gasteiger partial charge in [0.15, 0.2) is 5.82 Å². The van der Waals surface area contributed by atoms with Crippen molar-refractivity contribution in [1.82, 2.24) is 10.1 Å². The molecule has 0 amide bonds. The molecule has 21 heavy (non-hydrogen) atoms. The Balaban J connectivity index is 1.79. The van der Waals surface area contributed by atoms with Gasteiger partial charge in [-0.2, -0.15) is 4.98 Å². The van der Waals surface area contributed by atoms with E-state index in [1.165, 1.54) is 6.07 Å². The van der Waals surface area contributed by atoms with E-state index >= 15 is 0 Å². The van der Waals surface area contributed by atoms with E-state index < -0.39 is 0 Å². The molecule has 2 N–H and O–H groups in total. The van der Waals surface area contributed by atoms with Gasteiger partial charge in [-0.05, 0) is 37.4 Å². The number of rotatable bonds is 4. The van der Waals surface area contributed by atoms with Gasteiger partial charge in [0.1, 0.15) is 5.82 Å². The molecule has 0 bridgehead atoms. The number of hydrogen-bond donors (Lipinski definition) is 1. The Morgan fingerprint density at radius 3 is 3.00 bits per heavy atom. The maximum absolute atomic E-state index is 13.8. The maximum atomic E-state index is 13.8.